The minimum atomic E-state index is -0.211. The highest BCUT2D eigenvalue weighted by molar-refractivity contribution is 6.18. The van der Waals surface area contributed by atoms with E-state index in [1.165, 1.54) is 11.1 Å². The summed E-state index contributed by atoms with van der Waals surface area (Å²) in [5, 5.41) is 5.74. The van der Waals surface area contributed by atoms with Crippen LogP contribution in [-0.4, -0.2) is 72.6 Å². The summed E-state index contributed by atoms with van der Waals surface area (Å²) in [5.41, 5.74) is 12.3. The molecule has 60 heavy (non-hydrogen) atoms. The van der Waals surface area contributed by atoms with E-state index in [4.69, 9.17) is 38.4 Å². The fourth-order valence-corrected chi connectivity index (χ4v) is 7.64. The van der Waals surface area contributed by atoms with Gasteiger partial charge in [-0.3, -0.25) is 19.4 Å². The lowest BCUT2D eigenvalue weighted by molar-refractivity contribution is 0.101. The number of nitrogens with zero attached hydrogens (tertiary/aromatic N) is 3. The normalized spacial score (nSPS) is 14.0. The quantitative estimate of drug-likeness (QED) is 0.0975. The molecule has 1 saturated heterocycles. The second-order valence-corrected chi connectivity index (χ2v) is 15.1. The number of fused-ring (bicyclic) bond motifs is 4. The van der Waals surface area contributed by atoms with Gasteiger partial charge in [0.15, 0.2) is 23.0 Å². The van der Waals surface area contributed by atoms with Gasteiger partial charge in [-0.05, 0) is 59.7 Å². The number of amides is 2. The van der Waals surface area contributed by atoms with Gasteiger partial charge in [0.1, 0.15) is 0 Å². The van der Waals surface area contributed by atoms with Gasteiger partial charge in [-0.1, -0.05) is 97.1 Å². The molecule has 3 aliphatic rings. The molecule has 1 fully saturated rings. The highest BCUT2D eigenvalue weighted by atomic mass is 35.5. The molecule has 0 radical (unpaired) electrons. The van der Waals surface area contributed by atoms with Gasteiger partial charge in [-0.2, -0.15) is 0 Å². The number of nitrogens with one attached hydrogen (secondary N) is 2. The Hall–Kier alpha value is -6.04. The van der Waals surface area contributed by atoms with Crippen molar-refractivity contribution in [3.8, 4) is 23.0 Å². The van der Waals surface area contributed by atoms with Gasteiger partial charge in [0.25, 0.3) is 11.8 Å². The Labute approximate surface area is 361 Å². The number of nitrogens with two attached hydrogens (primary N) is 1. The predicted molar refractivity (Wildman–Crippen MR) is 243 cm³/mol. The number of ether oxygens (including phenoxy) is 2. The van der Waals surface area contributed by atoms with E-state index in [9.17, 15) is 9.59 Å². The monoisotopic (exact) mass is 842 g/mol. The lowest BCUT2D eigenvalue weighted by Gasteiger charge is -2.36. The van der Waals surface area contributed by atoms with E-state index in [1.54, 1.807) is 30.3 Å². The average Bonchev–Trinajstić information content (AvgIpc) is 3.52. The minimum Gasteiger partial charge on any atom is -0.452 e. The smallest absolute Gasteiger partial charge is 0.259 e. The first-order chi connectivity index (χ1) is 29.4. The van der Waals surface area contributed by atoms with Gasteiger partial charge in [-0.25, -0.2) is 0 Å². The first kappa shape index (κ1) is 42.1. The van der Waals surface area contributed by atoms with Crippen LogP contribution in [-0.2, 0) is 13.1 Å². The molecule has 0 unspecified atom stereocenters. The second-order valence-electron chi connectivity index (χ2n) is 14.4. The van der Waals surface area contributed by atoms with Gasteiger partial charge in [0.2, 0.25) is 0 Å². The molecule has 12 heteroatoms. The Bertz CT molecular complexity index is 2350. The maximum Gasteiger partial charge on any atom is 0.259 e. The molecule has 0 aliphatic carbocycles. The van der Waals surface area contributed by atoms with Gasteiger partial charge >= 0.3 is 0 Å². The molecule has 6 aromatic rings. The van der Waals surface area contributed by atoms with Gasteiger partial charge < -0.3 is 30.7 Å². The van der Waals surface area contributed by atoms with Crippen molar-refractivity contribution in [1.29, 1.82) is 0 Å². The summed E-state index contributed by atoms with van der Waals surface area (Å²) >= 11 is 11.4. The number of carbonyl (C=O) groups is 2. The summed E-state index contributed by atoms with van der Waals surface area (Å²) in [6.45, 7) is 7.43. The average molecular weight is 844 g/mol. The predicted octanol–water partition coefficient (Wildman–Crippen LogP) is 9.96. The number of para-hydroxylation sites is 6. The molecule has 9 rings (SSSR count). The Kier molecular flexibility index (Phi) is 14.6. The van der Waals surface area contributed by atoms with E-state index < -0.39 is 0 Å². The number of nitrogen functional groups attached to an aromatic ring is 1. The third kappa shape index (κ3) is 10.8. The Morgan fingerprint density at radius 1 is 0.567 bits per heavy atom. The standard InChI is InChI=1S/C24H23N3O2.C13H10N2O2.C11H15Cl2N/c28-24-19-9-6-11-21(23(19)29-22-12-5-4-10-20(22)25-24)27-15-13-26(14-16-27)17-18-7-2-1-3-8-18;14-9-5-3-4-8-12(9)17-11-7-2-1-6-10(11)15-13(8)16;12-6-8-14(9-7-13)10-11-4-2-1-3-5-11/h1-12H,13-17H2,(H,25,28);1-7H,14H2,(H,15,16);1-5H,6-10H2. The highest BCUT2D eigenvalue weighted by Gasteiger charge is 2.27. The first-order valence-corrected chi connectivity index (χ1v) is 21.0. The number of anilines is 4. The van der Waals surface area contributed by atoms with Crippen LogP contribution in [0.1, 0.15) is 31.8 Å². The molecule has 0 aromatic heterocycles. The van der Waals surface area contributed by atoms with Gasteiger partial charge in [0, 0.05) is 64.1 Å². The maximum atomic E-state index is 12.7. The van der Waals surface area contributed by atoms with Crippen molar-refractivity contribution in [2.75, 3.05) is 72.3 Å². The molecule has 3 heterocycles. The lowest BCUT2D eigenvalue weighted by Crippen LogP contribution is -2.46. The van der Waals surface area contributed by atoms with Crippen LogP contribution in [0.2, 0.25) is 0 Å². The van der Waals surface area contributed by atoms with Crippen molar-refractivity contribution in [2.45, 2.75) is 13.1 Å². The number of benzene rings is 6. The van der Waals surface area contributed by atoms with Crippen molar-refractivity contribution in [3.63, 3.8) is 0 Å². The van der Waals surface area contributed by atoms with Crippen molar-refractivity contribution in [1.82, 2.24) is 9.80 Å². The fourth-order valence-electron chi connectivity index (χ4n) is 7.16. The molecule has 0 saturated carbocycles. The summed E-state index contributed by atoms with van der Waals surface area (Å²) in [6.07, 6.45) is 0. The summed E-state index contributed by atoms with van der Waals surface area (Å²) in [5.74, 6) is 3.30. The Balaban J connectivity index is 0.000000149. The van der Waals surface area contributed by atoms with Crippen molar-refractivity contribution in [2.24, 2.45) is 0 Å². The first-order valence-electron chi connectivity index (χ1n) is 20.0. The van der Waals surface area contributed by atoms with E-state index in [0.717, 1.165) is 58.0 Å². The minimum absolute atomic E-state index is 0.130. The number of halogens is 2. The van der Waals surface area contributed by atoms with E-state index in [2.05, 4.69) is 79.9 Å². The van der Waals surface area contributed by atoms with Crippen molar-refractivity contribution in [3.05, 3.63) is 168 Å². The van der Waals surface area contributed by atoms with Crippen LogP contribution in [0, 0.1) is 0 Å². The van der Waals surface area contributed by atoms with E-state index >= 15 is 0 Å². The van der Waals surface area contributed by atoms with Crippen LogP contribution >= 0.6 is 23.2 Å². The third-order valence-corrected chi connectivity index (χ3v) is 10.6. The summed E-state index contributed by atoms with van der Waals surface area (Å²) < 4.78 is 11.9. The Morgan fingerprint density at radius 3 is 1.65 bits per heavy atom. The molecule has 0 bridgehead atoms. The zero-order chi connectivity index (χ0) is 41.7. The van der Waals surface area contributed by atoms with Crippen LogP contribution in [0.3, 0.4) is 0 Å². The lowest BCUT2D eigenvalue weighted by atomic mass is 10.1. The van der Waals surface area contributed by atoms with Crippen LogP contribution in [0.4, 0.5) is 22.7 Å². The topological polar surface area (TPSA) is 112 Å². The summed E-state index contributed by atoms with van der Waals surface area (Å²) in [4.78, 5) is 31.8. The molecule has 4 N–H and O–H groups in total. The number of piperazine rings is 1. The SMILES string of the molecule is ClCCN(CCCl)Cc1ccccc1.Nc1cccc2c1Oc1ccccc1NC2=O.O=C1Nc2ccccc2Oc2c1cccc2N1CCN(Cc2ccccc2)CC1. The molecule has 6 aromatic carbocycles. The van der Waals surface area contributed by atoms with Gasteiger partial charge in [-0.15, -0.1) is 23.2 Å². The van der Waals surface area contributed by atoms with Crippen molar-refractivity contribution >= 4 is 57.8 Å². The van der Waals surface area contributed by atoms with Crippen LogP contribution < -0.4 is 30.7 Å². The molecule has 0 atom stereocenters. The number of rotatable bonds is 9. The van der Waals surface area contributed by atoms with Crippen LogP contribution in [0.25, 0.3) is 0 Å². The highest BCUT2D eigenvalue weighted by Crippen LogP contribution is 2.42. The van der Waals surface area contributed by atoms with Crippen molar-refractivity contribution < 1.29 is 19.1 Å². The number of hydrogen-bond donors (Lipinski definition) is 3. The van der Waals surface area contributed by atoms with E-state index in [-0.39, 0.29) is 11.8 Å². The molecule has 308 valence electrons. The summed E-state index contributed by atoms with van der Waals surface area (Å²) in [6, 6.07) is 46.7. The van der Waals surface area contributed by atoms with E-state index in [0.29, 0.717) is 62.9 Å². The number of carbonyl (C=O) groups excluding carboxylic acids is 2. The number of hydrogen-bond acceptors (Lipinski definition) is 8. The second kappa shape index (κ2) is 20.8. The molecule has 0 spiro atoms. The zero-order valence-corrected chi connectivity index (χ0v) is 34.7. The molecule has 3 aliphatic heterocycles. The zero-order valence-electron chi connectivity index (χ0n) is 33.2. The third-order valence-electron chi connectivity index (χ3n) is 10.2. The maximum absolute atomic E-state index is 12.7. The largest absolute Gasteiger partial charge is 0.452 e. The van der Waals surface area contributed by atoms with E-state index in [1.807, 2.05) is 60.7 Å². The molecular formula is C48H48Cl2N6O4. The molecular weight excluding hydrogens is 795 g/mol. The molecule has 10 nitrogen and oxygen atoms in total. The van der Waals surface area contributed by atoms with Crippen LogP contribution in [0.5, 0.6) is 23.0 Å². The molecule has 2 amide bonds. The number of alkyl halides is 2. The van der Waals surface area contributed by atoms with Gasteiger partial charge in [0.05, 0.1) is 33.9 Å². The Morgan fingerprint density at radius 2 is 1.07 bits per heavy atom. The fraction of sp³-hybridized carbons (Fsp3) is 0.208. The van der Waals surface area contributed by atoms with Crippen LogP contribution in [0.15, 0.2) is 146 Å². The summed E-state index contributed by atoms with van der Waals surface area (Å²) in [7, 11) is 0.